The molecule has 0 saturated heterocycles. The maximum Gasteiger partial charge on any atom is 0.265 e. The van der Waals surface area contributed by atoms with E-state index in [1.54, 1.807) is 0 Å². The minimum absolute atomic E-state index is 0.0121. The fraction of sp³-hybridized carbons (Fsp3) is 0.250. The molecule has 0 saturated carbocycles. The van der Waals surface area contributed by atoms with Gasteiger partial charge >= 0.3 is 0 Å². The second-order valence-corrected chi connectivity index (χ2v) is 6.74. The molecule has 1 heterocycles. The van der Waals surface area contributed by atoms with E-state index < -0.39 is 15.9 Å². The van der Waals surface area contributed by atoms with Crippen LogP contribution in [0.15, 0.2) is 53.7 Å². The highest BCUT2D eigenvalue weighted by molar-refractivity contribution is 7.90. The van der Waals surface area contributed by atoms with Gasteiger partial charge in [-0.2, -0.15) is 0 Å². The van der Waals surface area contributed by atoms with Crippen molar-refractivity contribution in [3.63, 3.8) is 0 Å². The number of carbonyl (C=O) groups is 1. The van der Waals surface area contributed by atoms with Crippen LogP contribution in [0.5, 0.6) is 0 Å². The Bertz CT molecular complexity index is 726. The molecule has 0 aliphatic carbocycles. The summed E-state index contributed by atoms with van der Waals surface area (Å²) in [4.78, 5) is 15.5. The first-order valence-electron chi connectivity index (χ1n) is 6.98. The van der Waals surface area contributed by atoms with Crippen molar-refractivity contribution in [3.8, 4) is 0 Å². The van der Waals surface area contributed by atoms with Crippen LogP contribution in [0.3, 0.4) is 0 Å². The summed E-state index contributed by atoms with van der Waals surface area (Å²) in [7, 11) is -3.82. The van der Waals surface area contributed by atoms with Crippen molar-refractivity contribution in [2.45, 2.75) is 31.1 Å². The van der Waals surface area contributed by atoms with Crippen LogP contribution in [-0.4, -0.2) is 19.3 Å². The molecule has 5 nitrogen and oxygen atoms in total. The first-order chi connectivity index (χ1) is 10.5. The van der Waals surface area contributed by atoms with Gasteiger partial charge in [0.2, 0.25) is 5.91 Å². The van der Waals surface area contributed by atoms with E-state index in [0.717, 1.165) is 12.0 Å². The van der Waals surface area contributed by atoms with Gasteiger partial charge in [-0.3, -0.25) is 9.78 Å². The largest absolute Gasteiger partial charge is 0.274 e. The Kier molecular flexibility index (Phi) is 5.27. The van der Waals surface area contributed by atoms with Crippen molar-refractivity contribution in [1.82, 2.24) is 9.71 Å². The van der Waals surface area contributed by atoms with E-state index in [1.165, 1.54) is 30.1 Å². The zero-order valence-electron chi connectivity index (χ0n) is 12.3. The van der Waals surface area contributed by atoms with Gasteiger partial charge in [0, 0.05) is 18.8 Å². The molecule has 6 heteroatoms. The van der Waals surface area contributed by atoms with Crippen LogP contribution in [0.25, 0.3) is 0 Å². The Morgan fingerprint density at radius 2 is 1.91 bits per heavy atom. The van der Waals surface area contributed by atoms with E-state index >= 15 is 0 Å². The van der Waals surface area contributed by atoms with Gasteiger partial charge in [0.05, 0.1) is 0 Å². The second-order valence-electron chi connectivity index (χ2n) is 5.06. The van der Waals surface area contributed by atoms with Crippen molar-refractivity contribution >= 4 is 15.9 Å². The number of aryl methyl sites for hydroxylation is 2. The molecule has 0 aliphatic rings. The average Bonchev–Trinajstić information content (AvgIpc) is 2.50. The van der Waals surface area contributed by atoms with E-state index in [0.29, 0.717) is 6.42 Å². The predicted octanol–water partition coefficient (Wildman–Crippen LogP) is 2.22. The minimum Gasteiger partial charge on any atom is -0.274 e. The molecule has 0 bridgehead atoms. The molecule has 0 radical (unpaired) electrons. The van der Waals surface area contributed by atoms with Gasteiger partial charge in [-0.1, -0.05) is 29.8 Å². The van der Waals surface area contributed by atoms with Crippen LogP contribution in [0.2, 0.25) is 0 Å². The molecule has 116 valence electrons. The number of amides is 1. The molecular weight excluding hydrogens is 300 g/mol. The molecule has 1 aromatic heterocycles. The van der Waals surface area contributed by atoms with Crippen molar-refractivity contribution in [2.24, 2.45) is 0 Å². The maximum absolute atomic E-state index is 11.9. The number of benzene rings is 1. The highest BCUT2D eigenvalue weighted by Crippen LogP contribution is 2.09. The molecule has 1 aromatic carbocycles. The van der Waals surface area contributed by atoms with Gasteiger partial charge < -0.3 is 0 Å². The molecule has 2 aromatic rings. The average molecular weight is 318 g/mol. The third-order valence-electron chi connectivity index (χ3n) is 3.18. The van der Waals surface area contributed by atoms with Crippen molar-refractivity contribution in [2.75, 3.05) is 0 Å². The lowest BCUT2D eigenvalue weighted by Gasteiger charge is -2.06. The monoisotopic (exact) mass is 318 g/mol. The SMILES string of the molecule is Cc1ccc(CCCC(=O)NS(=O)(=O)c2cccnc2)cc1. The normalized spacial score (nSPS) is 11.1. The Balaban J connectivity index is 1.84. The van der Waals surface area contributed by atoms with Crippen LogP contribution in [0.4, 0.5) is 0 Å². The zero-order valence-corrected chi connectivity index (χ0v) is 13.1. The van der Waals surface area contributed by atoms with Gasteiger partial charge in [-0.15, -0.1) is 0 Å². The minimum atomic E-state index is -3.82. The summed E-state index contributed by atoms with van der Waals surface area (Å²) in [5, 5.41) is 0. The highest BCUT2D eigenvalue weighted by atomic mass is 32.2. The third-order valence-corrected chi connectivity index (χ3v) is 4.54. The number of sulfonamides is 1. The lowest BCUT2D eigenvalue weighted by molar-refractivity contribution is -0.119. The lowest BCUT2D eigenvalue weighted by atomic mass is 10.1. The van der Waals surface area contributed by atoms with E-state index in [2.05, 4.69) is 9.71 Å². The zero-order chi connectivity index (χ0) is 16.0. The smallest absolute Gasteiger partial charge is 0.265 e. The maximum atomic E-state index is 11.9. The van der Waals surface area contributed by atoms with E-state index in [1.807, 2.05) is 31.2 Å². The number of pyridine rings is 1. The summed E-state index contributed by atoms with van der Waals surface area (Å²) >= 11 is 0. The topological polar surface area (TPSA) is 76.1 Å². The second kappa shape index (κ2) is 7.17. The number of aromatic nitrogens is 1. The Labute approximate surface area is 130 Å². The van der Waals surface area contributed by atoms with Crippen molar-refractivity contribution < 1.29 is 13.2 Å². The Morgan fingerprint density at radius 1 is 1.18 bits per heavy atom. The van der Waals surface area contributed by atoms with Crippen LogP contribution in [0, 0.1) is 6.92 Å². The molecule has 22 heavy (non-hydrogen) atoms. The van der Waals surface area contributed by atoms with Crippen molar-refractivity contribution in [3.05, 3.63) is 59.9 Å². The number of nitrogens with zero attached hydrogens (tertiary/aromatic N) is 1. The first kappa shape index (κ1) is 16.2. The number of hydrogen-bond acceptors (Lipinski definition) is 4. The third kappa shape index (κ3) is 4.66. The number of hydrogen-bond donors (Lipinski definition) is 1. The summed E-state index contributed by atoms with van der Waals surface area (Å²) in [6.45, 7) is 2.01. The lowest BCUT2D eigenvalue weighted by Crippen LogP contribution is -2.30. The number of carbonyl (C=O) groups excluding carboxylic acids is 1. The predicted molar refractivity (Wildman–Crippen MR) is 83.7 cm³/mol. The first-order valence-corrected chi connectivity index (χ1v) is 8.47. The van der Waals surface area contributed by atoms with Crippen LogP contribution in [-0.2, 0) is 21.2 Å². The summed E-state index contributed by atoms with van der Waals surface area (Å²) in [6, 6.07) is 11.0. The Morgan fingerprint density at radius 3 is 2.55 bits per heavy atom. The van der Waals surface area contributed by atoms with E-state index in [9.17, 15) is 13.2 Å². The molecule has 0 aliphatic heterocycles. The fourth-order valence-electron chi connectivity index (χ4n) is 1.97. The Hall–Kier alpha value is -2.21. The molecule has 0 atom stereocenters. The summed E-state index contributed by atoms with van der Waals surface area (Å²) < 4.78 is 25.9. The molecule has 0 fully saturated rings. The van der Waals surface area contributed by atoms with Gasteiger partial charge in [0.1, 0.15) is 4.90 Å². The summed E-state index contributed by atoms with van der Waals surface area (Å²) in [5.41, 5.74) is 2.32. The van der Waals surface area contributed by atoms with Crippen LogP contribution in [0.1, 0.15) is 24.0 Å². The number of rotatable bonds is 6. The summed E-state index contributed by atoms with van der Waals surface area (Å²) in [6.07, 6.45) is 4.18. The van der Waals surface area contributed by atoms with Gasteiger partial charge in [0.25, 0.3) is 10.0 Å². The molecule has 1 N–H and O–H groups in total. The molecular formula is C16H18N2O3S. The molecule has 0 spiro atoms. The van der Waals surface area contributed by atoms with Crippen molar-refractivity contribution in [1.29, 1.82) is 0 Å². The van der Waals surface area contributed by atoms with Crippen LogP contribution >= 0.6 is 0 Å². The number of nitrogens with one attached hydrogen (secondary N) is 1. The molecule has 1 amide bonds. The van der Waals surface area contributed by atoms with Gasteiger partial charge in [-0.25, -0.2) is 13.1 Å². The van der Waals surface area contributed by atoms with E-state index in [-0.39, 0.29) is 11.3 Å². The van der Waals surface area contributed by atoms with E-state index in [4.69, 9.17) is 0 Å². The van der Waals surface area contributed by atoms with Crippen LogP contribution < -0.4 is 4.72 Å². The molecule has 0 unspecified atom stereocenters. The fourth-order valence-corrected chi connectivity index (χ4v) is 2.95. The van der Waals surface area contributed by atoms with Gasteiger partial charge in [-0.05, 0) is 37.5 Å². The molecule has 2 rings (SSSR count). The highest BCUT2D eigenvalue weighted by Gasteiger charge is 2.17. The summed E-state index contributed by atoms with van der Waals surface area (Å²) in [5.74, 6) is -0.504. The van der Waals surface area contributed by atoms with Gasteiger partial charge in [0.15, 0.2) is 0 Å². The standard InChI is InChI=1S/C16H18N2O3S/c1-13-7-9-14(10-8-13)4-2-6-16(19)18-22(20,21)15-5-3-11-17-12-15/h3,5,7-12H,2,4,6H2,1H3,(H,18,19). The quantitative estimate of drug-likeness (QED) is 0.886.